The van der Waals surface area contributed by atoms with Gasteiger partial charge in [0.25, 0.3) is 5.56 Å². The Morgan fingerprint density at radius 2 is 1.81 bits per heavy atom. The monoisotopic (exact) mass is 438 g/mol. The molecule has 0 saturated carbocycles. The third-order valence-electron chi connectivity index (χ3n) is 5.81. The summed E-state index contributed by atoms with van der Waals surface area (Å²) >= 11 is 0. The van der Waals surface area contributed by atoms with E-state index < -0.39 is 22.9 Å². The van der Waals surface area contributed by atoms with E-state index >= 15 is 0 Å². The number of benzene rings is 2. The smallest absolute Gasteiger partial charge is 0.325 e. The molecule has 1 heterocycles. The van der Waals surface area contributed by atoms with Crippen molar-refractivity contribution in [3.05, 3.63) is 103 Å². The number of allylic oxidation sites excluding steroid dienone is 2. The van der Waals surface area contributed by atoms with E-state index in [2.05, 4.69) is 9.97 Å². The summed E-state index contributed by atoms with van der Waals surface area (Å²) in [7, 11) is 0. The zero-order valence-corrected chi connectivity index (χ0v) is 17.7. The Balaban J connectivity index is 1.63. The molecule has 32 heavy (non-hydrogen) atoms. The quantitative estimate of drug-likeness (QED) is 0.587. The number of aromatic amines is 2. The molecule has 0 amide bonds. The highest BCUT2D eigenvalue weighted by molar-refractivity contribution is 5.68. The van der Waals surface area contributed by atoms with Crippen LogP contribution >= 0.6 is 0 Å². The summed E-state index contributed by atoms with van der Waals surface area (Å²) in [6.07, 6.45) is 3.85. The molecule has 0 bridgehead atoms. The van der Waals surface area contributed by atoms with Crippen molar-refractivity contribution in [3.63, 3.8) is 0 Å². The molecule has 2 aromatic carbocycles. The number of rotatable bonds is 6. The Hall–Kier alpha value is -3.48. The average Bonchev–Trinajstić information content (AvgIpc) is 2.80. The number of ether oxygens (including phenoxy) is 1. The van der Waals surface area contributed by atoms with Crippen LogP contribution in [-0.4, -0.2) is 16.6 Å². The Morgan fingerprint density at radius 3 is 2.50 bits per heavy atom. The summed E-state index contributed by atoms with van der Waals surface area (Å²) in [5.74, 6) is -2.11. The molecule has 1 aliphatic rings. The maximum Gasteiger partial charge on any atom is 0.325 e. The zero-order chi connectivity index (χ0) is 22.7. The van der Waals surface area contributed by atoms with Gasteiger partial charge < -0.3 is 9.72 Å². The van der Waals surface area contributed by atoms with Gasteiger partial charge in [-0.2, -0.15) is 4.39 Å². The fraction of sp³-hybridized carbons (Fsp3) is 0.280. The van der Waals surface area contributed by atoms with Gasteiger partial charge in [0.15, 0.2) is 11.6 Å². The lowest BCUT2D eigenvalue weighted by molar-refractivity contribution is 0.314. The van der Waals surface area contributed by atoms with Crippen molar-refractivity contribution in [1.29, 1.82) is 0 Å². The van der Waals surface area contributed by atoms with Gasteiger partial charge in [0.1, 0.15) is 0 Å². The second-order valence-electron chi connectivity index (χ2n) is 7.84. The molecule has 5 nitrogen and oxygen atoms in total. The first-order chi connectivity index (χ1) is 15.5. The standard InChI is InChI=1S/C25H24F2N2O3/c1-2-32-20-13-12-18(21(26)22(20)27)16-8-10-17(11-9-16)23-19(24(30)29-25(31)28-23)14-15-6-4-3-5-7-15/h3-8,12-13,17H,2,9-11,14H2,1H3,(H2,28,29,30,31). The normalized spacial score (nSPS) is 16.0. The lowest BCUT2D eigenvalue weighted by atomic mass is 9.82. The van der Waals surface area contributed by atoms with E-state index in [9.17, 15) is 18.4 Å². The van der Waals surface area contributed by atoms with Crippen molar-refractivity contribution >= 4 is 5.57 Å². The van der Waals surface area contributed by atoms with Gasteiger partial charge >= 0.3 is 5.69 Å². The van der Waals surface area contributed by atoms with Crippen molar-refractivity contribution in [2.45, 2.75) is 38.5 Å². The van der Waals surface area contributed by atoms with Crippen molar-refractivity contribution < 1.29 is 13.5 Å². The Labute approximate surface area is 183 Å². The molecule has 1 unspecified atom stereocenters. The maximum atomic E-state index is 14.6. The largest absolute Gasteiger partial charge is 0.491 e. The van der Waals surface area contributed by atoms with Crippen molar-refractivity contribution in [3.8, 4) is 5.75 Å². The molecule has 1 aliphatic carbocycles. The molecule has 7 heteroatoms. The minimum Gasteiger partial charge on any atom is -0.491 e. The number of halogens is 2. The minimum absolute atomic E-state index is 0.0944. The van der Waals surface area contributed by atoms with Crippen molar-refractivity contribution in [2.75, 3.05) is 6.61 Å². The minimum atomic E-state index is -0.989. The third-order valence-corrected chi connectivity index (χ3v) is 5.81. The van der Waals surface area contributed by atoms with Gasteiger partial charge in [-0.3, -0.25) is 9.78 Å². The molecular weight excluding hydrogens is 414 g/mol. The summed E-state index contributed by atoms with van der Waals surface area (Å²) in [6.45, 7) is 1.96. The maximum absolute atomic E-state index is 14.6. The highest BCUT2D eigenvalue weighted by Crippen LogP contribution is 2.38. The van der Waals surface area contributed by atoms with E-state index in [-0.39, 0.29) is 23.8 Å². The summed E-state index contributed by atoms with van der Waals surface area (Å²) in [5, 5.41) is 0. The fourth-order valence-electron chi connectivity index (χ4n) is 4.24. The molecule has 0 aliphatic heterocycles. The lowest BCUT2D eigenvalue weighted by Gasteiger charge is -2.24. The second-order valence-corrected chi connectivity index (χ2v) is 7.84. The number of aromatic nitrogens is 2. The van der Waals surface area contributed by atoms with Gasteiger partial charge in [-0.15, -0.1) is 0 Å². The summed E-state index contributed by atoms with van der Waals surface area (Å²) in [4.78, 5) is 29.7. The molecular formula is C25H24F2N2O3. The van der Waals surface area contributed by atoms with Gasteiger partial charge in [-0.1, -0.05) is 36.4 Å². The van der Waals surface area contributed by atoms with E-state index in [1.807, 2.05) is 36.4 Å². The van der Waals surface area contributed by atoms with E-state index in [0.29, 0.717) is 42.5 Å². The van der Waals surface area contributed by atoms with Crippen molar-refractivity contribution in [1.82, 2.24) is 9.97 Å². The zero-order valence-electron chi connectivity index (χ0n) is 17.7. The van der Waals surface area contributed by atoms with Gasteiger partial charge in [0, 0.05) is 29.2 Å². The van der Waals surface area contributed by atoms with E-state index in [1.54, 1.807) is 6.92 Å². The molecule has 0 spiro atoms. The molecule has 0 saturated heterocycles. The van der Waals surface area contributed by atoms with E-state index in [1.165, 1.54) is 12.1 Å². The second kappa shape index (κ2) is 9.34. The highest BCUT2D eigenvalue weighted by atomic mass is 19.2. The van der Waals surface area contributed by atoms with Crippen LogP contribution in [0.2, 0.25) is 0 Å². The molecule has 4 rings (SSSR count). The van der Waals surface area contributed by atoms with E-state index in [0.717, 1.165) is 5.56 Å². The Morgan fingerprint density at radius 1 is 1.03 bits per heavy atom. The SMILES string of the molecule is CCOc1ccc(C2=CCC(c3[nH]c(=O)[nH]c(=O)c3Cc3ccccc3)CC2)c(F)c1F. The fourth-order valence-corrected chi connectivity index (χ4v) is 4.24. The molecule has 0 radical (unpaired) electrons. The average molecular weight is 438 g/mol. The molecule has 3 aromatic rings. The first-order valence-corrected chi connectivity index (χ1v) is 10.7. The van der Waals surface area contributed by atoms with Crippen LogP contribution in [0.3, 0.4) is 0 Å². The van der Waals surface area contributed by atoms with E-state index in [4.69, 9.17) is 4.74 Å². The molecule has 1 atom stereocenters. The number of hydrogen-bond acceptors (Lipinski definition) is 3. The van der Waals surface area contributed by atoms with Crippen molar-refractivity contribution in [2.24, 2.45) is 0 Å². The van der Waals surface area contributed by atoms with Gasteiger partial charge in [0.05, 0.1) is 6.61 Å². The van der Waals surface area contributed by atoms with Crippen LogP contribution < -0.4 is 16.0 Å². The van der Waals surface area contributed by atoms with Crippen LogP contribution in [0.5, 0.6) is 5.75 Å². The van der Waals surface area contributed by atoms with Gasteiger partial charge in [-0.25, -0.2) is 9.18 Å². The molecule has 1 aromatic heterocycles. The van der Waals surface area contributed by atoms with Crippen LogP contribution in [0.25, 0.3) is 5.57 Å². The summed E-state index contributed by atoms with van der Waals surface area (Å²) in [6, 6.07) is 12.5. The molecule has 166 valence electrons. The van der Waals surface area contributed by atoms with Crippen LogP contribution in [0, 0.1) is 11.6 Å². The Bertz CT molecular complexity index is 1260. The van der Waals surface area contributed by atoms with Crippen LogP contribution in [-0.2, 0) is 6.42 Å². The first kappa shape index (κ1) is 21.7. The van der Waals surface area contributed by atoms with Gasteiger partial charge in [-0.05, 0) is 49.5 Å². The predicted molar refractivity (Wildman–Crippen MR) is 119 cm³/mol. The highest BCUT2D eigenvalue weighted by Gasteiger charge is 2.25. The number of nitrogens with one attached hydrogen (secondary N) is 2. The summed E-state index contributed by atoms with van der Waals surface area (Å²) < 4.78 is 34.0. The molecule has 2 N–H and O–H groups in total. The number of H-pyrrole nitrogens is 2. The van der Waals surface area contributed by atoms with Gasteiger partial charge in [0.2, 0.25) is 5.82 Å². The van der Waals surface area contributed by atoms with Crippen LogP contribution in [0.15, 0.2) is 58.1 Å². The lowest BCUT2D eigenvalue weighted by Crippen LogP contribution is -2.30. The predicted octanol–water partition coefficient (Wildman–Crippen LogP) is 4.68. The first-order valence-electron chi connectivity index (χ1n) is 10.7. The molecule has 0 fully saturated rings. The van der Waals surface area contributed by atoms with Crippen LogP contribution in [0.1, 0.15) is 54.5 Å². The summed E-state index contributed by atoms with van der Waals surface area (Å²) in [5.41, 5.74) is 2.07. The topological polar surface area (TPSA) is 75.0 Å². The third kappa shape index (κ3) is 4.42. The Kier molecular flexibility index (Phi) is 6.35. The van der Waals surface area contributed by atoms with Crippen LogP contribution in [0.4, 0.5) is 8.78 Å². The number of hydrogen-bond donors (Lipinski definition) is 2.